The summed E-state index contributed by atoms with van der Waals surface area (Å²) in [6, 6.07) is 14.0. The number of carbonyl (C=O) groups is 2. The molecule has 5 nitrogen and oxygen atoms in total. The molecule has 0 saturated heterocycles. The number of anilines is 2. The van der Waals surface area contributed by atoms with Crippen LogP contribution in [-0.2, 0) is 0 Å². The average molecular weight is 337 g/mol. The van der Waals surface area contributed by atoms with E-state index in [1.807, 2.05) is 0 Å². The SMILES string of the molecule is Nc1cccc(C(=O)Nc2cccc(C(=O)NC3CCCCC3)c2)c1. The number of nitrogen functional groups attached to an aromatic ring is 1. The third-order valence-corrected chi connectivity index (χ3v) is 4.47. The van der Waals surface area contributed by atoms with Crippen molar-refractivity contribution in [2.45, 2.75) is 38.1 Å². The van der Waals surface area contributed by atoms with Gasteiger partial charge in [-0.05, 0) is 49.2 Å². The summed E-state index contributed by atoms with van der Waals surface area (Å²) in [7, 11) is 0. The van der Waals surface area contributed by atoms with Gasteiger partial charge in [0.1, 0.15) is 0 Å². The van der Waals surface area contributed by atoms with Gasteiger partial charge in [0.15, 0.2) is 0 Å². The summed E-state index contributed by atoms with van der Waals surface area (Å²) < 4.78 is 0. The van der Waals surface area contributed by atoms with Gasteiger partial charge in [-0.25, -0.2) is 0 Å². The van der Waals surface area contributed by atoms with E-state index in [-0.39, 0.29) is 17.9 Å². The Labute approximate surface area is 147 Å². The minimum atomic E-state index is -0.253. The average Bonchev–Trinajstić information content (AvgIpc) is 2.63. The van der Waals surface area contributed by atoms with Crippen LogP contribution in [0.25, 0.3) is 0 Å². The predicted octanol–water partition coefficient (Wildman–Crippen LogP) is 3.58. The van der Waals surface area contributed by atoms with Gasteiger partial charge in [0.2, 0.25) is 0 Å². The molecule has 3 rings (SSSR count). The second-order valence-corrected chi connectivity index (χ2v) is 6.47. The summed E-state index contributed by atoms with van der Waals surface area (Å²) in [6.45, 7) is 0. The number of nitrogens with two attached hydrogens (primary N) is 1. The quantitative estimate of drug-likeness (QED) is 0.746. The fourth-order valence-corrected chi connectivity index (χ4v) is 3.14. The highest BCUT2D eigenvalue weighted by molar-refractivity contribution is 6.05. The fraction of sp³-hybridized carbons (Fsp3) is 0.300. The fourth-order valence-electron chi connectivity index (χ4n) is 3.14. The van der Waals surface area contributed by atoms with E-state index >= 15 is 0 Å². The van der Waals surface area contributed by atoms with E-state index < -0.39 is 0 Å². The molecule has 2 amide bonds. The van der Waals surface area contributed by atoms with Crippen molar-refractivity contribution in [2.75, 3.05) is 11.1 Å². The van der Waals surface area contributed by atoms with Gasteiger partial charge in [-0.15, -0.1) is 0 Å². The molecule has 0 aliphatic heterocycles. The van der Waals surface area contributed by atoms with E-state index in [0.29, 0.717) is 22.5 Å². The van der Waals surface area contributed by atoms with E-state index in [1.54, 1.807) is 48.5 Å². The molecule has 0 spiro atoms. The largest absolute Gasteiger partial charge is 0.399 e. The normalized spacial score (nSPS) is 14.7. The van der Waals surface area contributed by atoms with Gasteiger partial charge >= 0.3 is 0 Å². The van der Waals surface area contributed by atoms with Gasteiger partial charge in [-0.2, -0.15) is 0 Å². The van der Waals surface area contributed by atoms with Crippen molar-refractivity contribution in [3.05, 3.63) is 59.7 Å². The predicted molar refractivity (Wildman–Crippen MR) is 99.6 cm³/mol. The Balaban J connectivity index is 1.66. The Morgan fingerprint density at radius 1 is 0.880 bits per heavy atom. The summed E-state index contributed by atoms with van der Waals surface area (Å²) in [5.74, 6) is -0.343. The Morgan fingerprint density at radius 2 is 1.56 bits per heavy atom. The molecule has 130 valence electrons. The first-order chi connectivity index (χ1) is 12.1. The third-order valence-electron chi connectivity index (χ3n) is 4.47. The maximum absolute atomic E-state index is 12.4. The summed E-state index contributed by atoms with van der Waals surface area (Å²) in [5, 5.41) is 5.90. The van der Waals surface area contributed by atoms with Crippen molar-refractivity contribution >= 4 is 23.2 Å². The molecule has 0 atom stereocenters. The number of nitrogens with one attached hydrogen (secondary N) is 2. The van der Waals surface area contributed by atoms with Crippen molar-refractivity contribution in [1.29, 1.82) is 0 Å². The van der Waals surface area contributed by atoms with E-state index in [1.165, 1.54) is 19.3 Å². The molecular weight excluding hydrogens is 314 g/mol. The van der Waals surface area contributed by atoms with E-state index in [2.05, 4.69) is 10.6 Å². The first-order valence-electron chi connectivity index (χ1n) is 8.69. The number of carbonyl (C=O) groups excluding carboxylic acids is 2. The lowest BCUT2D eigenvalue weighted by atomic mass is 9.95. The number of rotatable bonds is 4. The molecule has 0 heterocycles. The van der Waals surface area contributed by atoms with Crippen LogP contribution in [0, 0.1) is 0 Å². The van der Waals surface area contributed by atoms with Crippen LogP contribution in [0.4, 0.5) is 11.4 Å². The van der Waals surface area contributed by atoms with Crippen LogP contribution in [0.3, 0.4) is 0 Å². The monoisotopic (exact) mass is 337 g/mol. The van der Waals surface area contributed by atoms with Gasteiger partial charge in [-0.1, -0.05) is 31.4 Å². The number of hydrogen-bond donors (Lipinski definition) is 3. The molecule has 4 N–H and O–H groups in total. The summed E-state index contributed by atoms with van der Waals surface area (Å²) in [5.41, 5.74) is 7.87. The highest BCUT2D eigenvalue weighted by atomic mass is 16.2. The Bertz CT molecular complexity index is 767. The molecule has 0 bridgehead atoms. The third kappa shape index (κ3) is 4.59. The number of benzene rings is 2. The smallest absolute Gasteiger partial charge is 0.255 e. The highest BCUT2D eigenvalue weighted by Crippen LogP contribution is 2.19. The van der Waals surface area contributed by atoms with E-state index in [0.717, 1.165) is 12.8 Å². The highest BCUT2D eigenvalue weighted by Gasteiger charge is 2.17. The zero-order valence-electron chi connectivity index (χ0n) is 14.1. The molecule has 5 heteroatoms. The zero-order valence-corrected chi connectivity index (χ0v) is 14.1. The van der Waals surface area contributed by atoms with Crippen LogP contribution in [-0.4, -0.2) is 17.9 Å². The maximum Gasteiger partial charge on any atom is 0.255 e. The lowest BCUT2D eigenvalue weighted by Crippen LogP contribution is -2.36. The number of amides is 2. The van der Waals surface area contributed by atoms with Crippen LogP contribution in [0.15, 0.2) is 48.5 Å². The second-order valence-electron chi connectivity index (χ2n) is 6.47. The Hall–Kier alpha value is -2.82. The van der Waals surface area contributed by atoms with E-state index in [4.69, 9.17) is 5.73 Å². The standard InChI is InChI=1S/C20H23N3O2/c21-16-8-4-6-14(12-16)19(24)23-18-11-5-7-15(13-18)20(25)22-17-9-2-1-3-10-17/h4-8,11-13,17H,1-3,9-10,21H2,(H,22,25)(H,23,24). The molecule has 1 saturated carbocycles. The summed E-state index contributed by atoms with van der Waals surface area (Å²) in [4.78, 5) is 24.7. The molecule has 0 aromatic heterocycles. The summed E-state index contributed by atoms with van der Waals surface area (Å²) >= 11 is 0. The maximum atomic E-state index is 12.4. The van der Waals surface area contributed by atoms with Gasteiger partial charge in [-0.3, -0.25) is 9.59 Å². The molecule has 1 aliphatic carbocycles. The lowest BCUT2D eigenvalue weighted by Gasteiger charge is -2.22. The first-order valence-corrected chi connectivity index (χ1v) is 8.69. The van der Waals surface area contributed by atoms with E-state index in [9.17, 15) is 9.59 Å². The lowest BCUT2D eigenvalue weighted by molar-refractivity contribution is 0.0926. The van der Waals surface area contributed by atoms with Gasteiger partial charge < -0.3 is 16.4 Å². The van der Waals surface area contributed by atoms with Gasteiger partial charge in [0.25, 0.3) is 11.8 Å². The summed E-state index contributed by atoms with van der Waals surface area (Å²) in [6.07, 6.45) is 5.66. The van der Waals surface area contributed by atoms with Crippen molar-refractivity contribution in [1.82, 2.24) is 5.32 Å². The topological polar surface area (TPSA) is 84.2 Å². The Morgan fingerprint density at radius 3 is 2.28 bits per heavy atom. The van der Waals surface area contributed by atoms with Crippen molar-refractivity contribution in [3.8, 4) is 0 Å². The molecule has 0 radical (unpaired) electrons. The van der Waals surface area contributed by atoms with Crippen molar-refractivity contribution in [3.63, 3.8) is 0 Å². The van der Waals surface area contributed by atoms with Crippen molar-refractivity contribution in [2.24, 2.45) is 0 Å². The molecular formula is C20H23N3O2. The second kappa shape index (κ2) is 7.83. The van der Waals surface area contributed by atoms with Crippen LogP contribution in [0.5, 0.6) is 0 Å². The molecule has 2 aromatic rings. The molecule has 2 aromatic carbocycles. The molecule has 25 heavy (non-hydrogen) atoms. The molecule has 1 fully saturated rings. The van der Waals surface area contributed by atoms with Gasteiger partial charge in [0.05, 0.1) is 0 Å². The first kappa shape index (κ1) is 17.0. The van der Waals surface area contributed by atoms with Gasteiger partial charge in [0, 0.05) is 28.5 Å². The molecule has 0 unspecified atom stereocenters. The van der Waals surface area contributed by atoms with Crippen LogP contribution >= 0.6 is 0 Å². The van der Waals surface area contributed by atoms with Crippen LogP contribution in [0.1, 0.15) is 52.8 Å². The minimum Gasteiger partial charge on any atom is -0.399 e. The zero-order chi connectivity index (χ0) is 17.6. The molecule has 1 aliphatic rings. The Kier molecular flexibility index (Phi) is 5.33. The van der Waals surface area contributed by atoms with Crippen LogP contribution < -0.4 is 16.4 Å². The number of hydrogen-bond acceptors (Lipinski definition) is 3. The minimum absolute atomic E-state index is 0.0908. The van der Waals surface area contributed by atoms with Crippen molar-refractivity contribution < 1.29 is 9.59 Å². The van der Waals surface area contributed by atoms with Crippen LogP contribution in [0.2, 0.25) is 0 Å².